The average molecular weight is 222 g/mol. The minimum atomic E-state index is -0.248. The molecule has 0 atom stereocenters. The van der Waals surface area contributed by atoms with E-state index in [4.69, 9.17) is 0 Å². The third-order valence-electron chi connectivity index (χ3n) is 2.89. The Labute approximate surface area is 94.5 Å². The summed E-state index contributed by atoms with van der Waals surface area (Å²) < 4.78 is 12.8. The summed E-state index contributed by atoms with van der Waals surface area (Å²) in [4.78, 5) is 15.5. The zero-order valence-electron chi connectivity index (χ0n) is 9.32. The third kappa shape index (κ3) is 2.15. The number of hydrogen-bond donors (Lipinski definition) is 0. The van der Waals surface area contributed by atoms with Gasteiger partial charge in [0.15, 0.2) is 0 Å². The lowest BCUT2D eigenvalue weighted by atomic mass is 10.2. The van der Waals surface area contributed by atoms with Crippen molar-refractivity contribution >= 4 is 11.6 Å². The van der Waals surface area contributed by atoms with Crippen molar-refractivity contribution in [1.82, 2.24) is 4.90 Å². The van der Waals surface area contributed by atoms with Crippen LogP contribution in [0.25, 0.3) is 0 Å². The standard InChI is InChI=1S/C12H15FN2O/c1-2-14-7-8-15(9-12(14)16)11-5-3-10(13)4-6-11/h3-6H,2,7-9H2,1H3. The molecule has 0 N–H and O–H groups in total. The molecule has 0 aromatic heterocycles. The van der Waals surface area contributed by atoms with Gasteiger partial charge in [0, 0.05) is 25.3 Å². The Bertz CT molecular complexity index is 377. The van der Waals surface area contributed by atoms with Gasteiger partial charge in [-0.1, -0.05) is 0 Å². The molecule has 0 unspecified atom stereocenters. The number of anilines is 1. The molecule has 1 aromatic rings. The van der Waals surface area contributed by atoms with Crippen LogP contribution in [0.5, 0.6) is 0 Å². The molecule has 2 rings (SSSR count). The molecular weight excluding hydrogens is 207 g/mol. The van der Waals surface area contributed by atoms with Crippen LogP contribution in [0.3, 0.4) is 0 Å². The maximum atomic E-state index is 12.8. The smallest absolute Gasteiger partial charge is 0.242 e. The summed E-state index contributed by atoms with van der Waals surface area (Å²) in [7, 11) is 0. The summed E-state index contributed by atoms with van der Waals surface area (Å²) in [6.07, 6.45) is 0. The summed E-state index contributed by atoms with van der Waals surface area (Å²) in [5, 5.41) is 0. The lowest BCUT2D eigenvalue weighted by Crippen LogP contribution is -2.50. The molecule has 16 heavy (non-hydrogen) atoms. The fourth-order valence-electron chi connectivity index (χ4n) is 1.92. The van der Waals surface area contributed by atoms with E-state index in [0.29, 0.717) is 6.54 Å². The number of amides is 1. The number of carbonyl (C=O) groups is 1. The topological polar surface area (TPSA) is 23.6 Å². The molecular formula is C12H15FN2O. The number of halogens is 1. The molecule has 4 heteroatoms. The molecule has 1 aromatic carbocycles. The first-order valence-electron chi connectivity index (χ1n) is 5.49. The summed E-state index contributed by atoms with van der Waals surface area (Å²) in [6.45, 7) is 4.68. The molecule has 0 radical (unpaired) electrons. The highest BCUT2D eigenvalue weighted by Gasteiger charge is 2.22. The molecule has 0 aliphatic carbocycles. The Hall–Kier alpha value is -1.58. The van der Waals surface area contributed by atoms with Crippen LogP contribution in [0.4, 0.5) is 10.1 Å². The predicted molar refractivity (Wildman–Crippen MR) is 60.9 cm³/mol. The van der Waals surface area contributed by atoms with Crippen LogP contribution in [0.2, 0.25) is 0 Å². The van der Waals surface area contributed by atoms with Crippen molar-refractivity contribution in [3.05, 3.63) is 30.1 Å². The molecule has 0 bridgehead atoms. The van der Waals surface area contributed by atoms with Gasteiger partial charge in [0.05, 0.1) is 6.54 Å². The lowest BCUT2D eigenvalue weighted by molar-refractivity contribution is -0.130. The zero-order chi connectivity index (χ0) is 11.5. The number of rotatable bonds is 2. The average Bonchev–Trinajstić information content (AvgIpc) is 2.30. The van der Waals surface area contributed by atoms with E-state index in [-0.39, 0.29) is 11.7 Å². The highest BCUT2D eigenvalue weighted by molar-refractivity contribution is 5.82. The van der Waals surface area contributed by atoms with Crippen molar-refractivity contribution < 1.29 is 9.18 Å². The number of likely N-dealkylation sites (N-methyl/N-ethyl adjacent to an activating group) is 1. The zero-order valence-corrected chi connectivity index (χ0v) is 9.32. The number of nitrogens with zero attached hydrogens (tertiary/aromatic N) is 2. The number of hydrogen-bond acceptors (Lipinski definition) is 2. The second-order valence-electron chi connectivity index (χ2n) is 3.87. The Morgan fingerprint density at radius 3 is 2.50 bits per heavy atom. The Kier molecular flexibility index (Phi) is 3.08. The number of carbonyl (C=O) groups excluding carboxylic acids is 1. The molecule has 1 heterocycles. The molecule has 0 spiro atoms. The van der Waals surface area contributed by atoms with Crippen molar-refractivity contribution in [2.45, 2.75) is 6.92 Å². The van der Waals surface area contributed by atoms with Gasteiger partial charge in [-0.05, 0) is 31.2 Å². The SMILES string of the molecule is CCN1CCN(c2ccc(F)cc2)CC1=O. The fourth-order valence-corrected chi connectivity index (χ4v) is 1.92. The molecule has 1 fully saturated rings. The van der Waals surface area contributed by atoms with Crippen LogP contribution >= 0.6 is 0 Å². The molecule has 3 nitrogen and oxygen atoms in total. The van der Waals surface area contributed by atoms with E-state index >= 15 is 0 Å². The predicted octanol–water partition coefficient (Wildman–Crippen LogP) is 1.49. The second-order valence-corrected chi connectivity index (χ2v) is 3.87. The van der Waals surface area contributed by atoms with E-state index in [0.717, 1.165) is 25.3 Å². The quantitative estimate of drug-likeness (QED) is 0.757. The Morgan fingerprint density at radius 2 is 1.94 bits per heavy atom. The highest BCUT2D eigenvalue weighted by atomic mass is 19.1. The molecule has 0 saturated carbocycles. The monoisotopic (exact) mass is 222 g/mol. The third-order valence-corrected chi connectivity index (χ3v) is 2.89. The maximum absolute atomic E-state index is 12.8. The van der Waals surface area contributed by atoms with Gasteiger partial charge in [-0.2, -0.15) is 0 Å². The van der Waals surface area contributed by atoms with Gasteiger partial charge in [0.2, 0.25) is 5.91 Å². The fraction of sp³-hybridized carbons (Fsp3) is 0.417. The van der Waals surface area contributed by atoms with E-state index in [9.17, 15) is 9.18 Å². The summed E-state index contributed by atoms with van der Waals surface area (Å²) in [5.41, 5.74) is 0.908. The van der Waals surface area contributed by atoms with Crippen molar-refractivity contribution in [2.24, 2.45) is 0 Å². The van der Waals surface area contributed by atoms with E-state index in [1.165, 1.54) is 12.1 Å². The molecule has 1 amide bonds. The second kappa shape index (κ2) is 4.51. The van der Waals surface area contributed by atoms with Crippen LogP contribution in [-0.4, -0.2) is 37.0 Å². The highest BCUT2D eigenvalue weighted by Crippen LogP contribution is 2.17. The van der Waals surface area contributed by atoms with Gasteiger partial charge in [0.1, 0.15) is 5.82 Å². The van der Waals surface area contributed by atoms with Crippen molar-refractivity contribution in [3.8, 4) is 0 Å². The van der Waals surface area contributed by atoms with Crippen LogP contribution in [-0.2, 0) is 4.79 Å². The van der Waals surface area contributed by atoms with E-state index in [1.807, 2.05) is 16.7 Å². The van der Waals surface area contributed by atoms with Gasteiger partial charge in [-0.15, -0.1) is 0 Å². The maximum Gasteiger partial charge on any atom is 0.242 e. The number of benzene rings is 1. The first kappa shape index (κ1) is 10.9. The summed E-state index contributed by atoms with van der Waals surface area (Å²) in [6, 6.07) is 6.27. The lowest BCUT2D eigenvalue weighted by Gasteiger charge is -2.35. The van der Waals surface area contributed by atoms with E-state index in [2.05, 4.69) is 0 Å². The van der Waals surface area contributed by atoms with Gasteiger partial charge in [-0.3, -0.25) is 4.79 Å². The van der Waals surface area contributed by atoms with Crippen LogP contribution in [0.1, 0.15) is 6.92 Å². The minimum absolute atomic E-state index is 0.137. The van der Waals surface area contributed by atoms with Gasteiger partial charge in [0.25, 0.3) is 0 Å². The van der Waals surface area contributed by atoms with Gasteiger partial charge >= 0.3 is 0 Å². The van der Waals surface area contributed by atoms with Crippen LogP contribution in [0.15, 0.2) is 24.3 Å². The largest absolute Gasteiger partial charge is 0.360 e. The van der Waals surface area contributed by atoms with Gasteiger partial charge < -0.3 is 9.80 Å². The van der Waals surface area contributed by atoms with Crippen molar-refractivity contribution in [1.29, 1.82) is 0 Å². The summed E-state index contributed by atoms with van der Waals surface area (Å²) >= 11 is 0. The minimum Gasteiger partial charge on any atom is -0.360 e. The van der Waals surface area contributed by atoms with Crippen molar-refractivity contribution in [2.75, 3.05) is 31.1 Å². The normalized spacial score (nSPS) is 16.8. The first-order valence-corrected chi connectivity index (χ1v) is 5.49. The first-order chi connectivity index (χ1) is 7.70. The van der Waals surface area contributed by atoms with E-state index < -0.39 is 0 Å². The molecule has 86 valence electrons. The number of piperazine rings is 1. The molecule has 1 aliphatic heterocycles. The van der Waals surface area contributed by atoms with Crippen molar-refractivity contribution in [3.63, 3.8) is 0 Å². The van der Waals surface area contributed by atoms with E-state index in [1.54, 1.807) is 12.1 Å². The Morgan fingerprint density at radius 1 is 1.25 bits per heavy atom. The summed E-state index contributed by atoms with van der Waals surface area (Å²) in [5.74, 6) is -0.111. The van der Waals surface area contributed by atoms with Gasteiger partial charge in [-0.25, -0.2) is 4.39 Å². The Balaban J connectivity index is 2.07. The molecule has 1 aliphatic rings. The van der Waals surface area contributed by atoms with Crippen LogP contribution in [0, 0.1) is 5.82 Å². The van der Waals surface area contributed by atoms with Crippen LogP contribution < -0.4 is 4.90 Å². The molecule has 1 saturated heterocycles.